The number of hydrogen-bond donors (Lipinski definition) is 3. The molecule has 35 heavy (non-hydrogen) atoms. The van der Waals surface area contributed by atoms with E-state index in [1.807, 2.05) is 38.1 Å². The van der Waals surface area contributed by atoms with Crippen LogP contribution in [0.4, 0.5) is 15.5 Å². The van der Waals surface area contributed by atoms with Crippen LogP contribution in [0.15, 0.2) is 34.9 Å². The van der Waals surface area contributed by atoms with Gasteiger partial charge in [-0.1, -0.05) is 24.2 Å². The molecule has 0 saturated carbocycles. The predicted molar refractivity (Wildman–Crippen MR) is 134 cm³/mol. The molecule has 0 aliphatic heterocycles. The highest BCUT2D eigenvalue weighted by molar-refractivity contribution is 7.17. The first-order valence-electron chi connectivity index (χ1n) is 11.5. The van der Waals surface area contributed by atoms with Gasteiger partial charge in [0.2, 0.25) is 5.91 Å². The zero-order valence-corrected chi connectivity index (χ0v) is 20.9. The van der Waals surface area contributed by atoms with E-state index in [0.717, 1.165) is 27.4 Å². The average molecular weight is 499 g/mol. The smallest absolute Gasteiger partial charge is 0.407 e. The van der Waals surface area contributed by atoms with Crippen molar-refractivity contribution in [1.29, 1.82) is 0 Å². The summed E-state index contributed by atoms with van der Waals surface area (Å²) in [6.07, 6.45) is 1.49. The molecule has 9 nitrogen and oxygen atoms in total. The molecule has 0 fully saturated rings. The number of nitrogens with two attached hydrogens (primary N) is 1. The molecule has 0 radical (unpaired) electrons. The summed E-state index contributed by atoms with van der Waals surface area (Å²) >= 11 is 1.45. The Morgan fingerprint density at radius 1 is 1.34 bits per heavy atom. The number of amides is 2. The van der Waals surface area contributed by atoms with Crippen molar-refractivity contribution < 1.29 is 23.6 Å². The summed E-state index contributed by atoms with van der Waals surface area (Å²) in [4.78, 5) is 26.0. The van der Waals surface area contributed by atoms with E-state index < -0.39 is 6.09 Å². The first-order chi connectivity index (χ1) is 16.8. The summed E-state index contributed by atoms with van der Waals surface area (Å²) in [5.41, 5.74) is 9.78. The molecule has 0 bridgehead atoms. The summed E-state index contributed by atoms with van der Waals surface area (Å²) in [5.74, 6) is 1.26. The van der Waals surface area contributed by atoms with Gasteiger partial charge in [0, 0.05) is 23.8 Å². The van der Waals surface area contributed by atoms with Crippen LogP contribution in [0.25, 0.3) is 0 Å². The molecule has 2 unspecified atom stereocenters. The number of anilines is 2. The first kappa shape index (κ1) is 24.6. The molecule has 1 aliphatic rings. The topological polar surface area (TPSA) is 129 Å². The van der Waals surface area contributed by atoms with E-state index in [0.29, 0.717) is 42.1 Å². The SMILES string of the molecule is COc1cccc(C(C)CC(=O)Nc2sc3c(c2N)CCC(OC(=O)NCc2cc(C)no2)C3)c1. The third-order valence-electron chi connectivity index (χ3n) is 6.03. The normalized spacial score (nSPS) is 15.7. The minimum atomic E-state index is -0.503. The highest BCUT2D eigenvalue weighted by atomic mass is 32.1. The van der Waals surface area contributed by atoms with Gasteiger partial charge in [-0.25, -0.2) is 4.79 Å². The van der Waals surface area contributed by atoms with Crippen molar-refractivity contribution in [2.45, 2.75) is 58.1 Å². The van der Waals surface area contributed by atoms with Gasteiger partial charge < -0.3 is 30.4 Å². The van der Waals surface area contributed by atoms with Gasteiger partial charge in [0.25, 0.3) is 0 Å². The van der Waals surface area contributed by atoms with Gasteiger partial charge >= 0.3 is 6.09 Å². The molecule has 3 aromatic rings. The summed E-state index contributed by atoms with van der Waals surface area (Å²) < 4.78 is 15.9. The molecular formula is C25H30N4O5S. The fourth-order valence-electron chi connectivity index (χ4n) is 4.15. The van der Waals surface area contributed by atoms with E-state index in [1.165, 1.54) is 11.3 Å². The van der Waals surface area contributed by atoms with Gasteiger partial charge in [-0.2, -0.15) is 0 Å². The second-order valence-electron chi connectivity index (χ2n) is 8.73. The van der Waals surface area contributed by atoms with Crippen molar-refractivity contribution in [1.82, 2.24) is 10.5 Å². The minimum Gasteiger partial charge on any atom is -0.497 e. The highest BCUT2D eigenvalue weighted by Crippen LogP contribution is 2.41. The van der Waals surface area contributed by atoms with Crippen molar-refractivity contribution >= 4 is 34.0 Å². The maximum atomic E-state index is 12.7. The molecule has 1 aliphatic carbocycles. The number of hydrogen-bond acceptors (Lipinski definition) is 8. The Hall–Kier alpha value is -3.53. The molecule has 2 atom stereocenters. The first-order valence-corrected chi connectivity index (χ1v) is 12.3. The van der Waals surface area contributed by atoms with E-state index in [1.54, 1.807) is 13.2 Å². The second kappa shape index (κ2) is 10.8. The molecular weight excluding hydrogens is 468 g/mol. The van der Waals surface area contributed by atoms with Crippen molar-refractivity contribution in [2.24, 2.45) is 0 Å². The predicted octanol–water partition coefficient (Wildman–Crippen LogP) is 4.55. The van der Waals surface area contributed by atoms with E-state index >= 15 is 0 Å². The molecule has 186 valence electrons. The van der Waals surface area contributed by atoms with Crippen LogP contribution < -0.4 is 21.1 Å². The van der Waals surface area contributed by atoms with Crippen molar-refractivity contribution in [3.63, 3.8) is 0 Å². The average Bonchev–Trinajstić information content (AvgIpc) is 3.39. The van der Waals surface area contributed by atoms with Gasteiger partial charge in [0.05, 0.1) is 25.0 Å². The molecule has 10 heteroatoms. The third kappa shape index (κ3) is 6.13. The third-order valence-corrected chi connectivity index (χ3v) is 7.21. The lowest BCUT2D eigenvalue weighted by Crippen LogP contribution is -2.31. The van der Waals surface area contributed by atoms with Crippen LogP contribution in [0.5, 0.6) is 5.75 Å². The van der Waals surface area contributed by atoms with Gasteiger partial charge in [-0.3, -0.25) is 4.79 Å². The van der Waals surface area contributed by atoms with Crippen LogP contribution in [-0.2, 0) is 28.9 Å². The maximum absolute atomic E-state index is 12.7. The van der Waals surface area contributed by atoms with Crippen molar-refractivity contribution in [2.75, 3.05) is 18.2 Å². The Bertz CT molecular complexity index is 1200. The lowest BCUT2D eigenvalue weighted by atomic mass is 9.95. The fraction of sp³-hybridized carbons (Fsp3) is 0.400. The standard InChI is InChI=1S/C25H30N4O5S/c1-14(16-5-4-6-17(11-16)32-3)9-22(30)28-24-23(26)20-8-7-18(12-21(20)35-24)33-25(31)27-13-19-10-15(2)29-34-19/h4-6,10-11,14,18H,7-9,12-13,26H2,1-3H3,(H,27,31)(H,28,30). The summed E-state index contributed by atoms with van der Waals surface area (Å²) in [5, 5.41) is 10.1. The van der Waals surface area contributed by atoms with Gasteiger partial charge in [-0.05, 0) is 48.9 Å². The molecule has 4 rings (SSSR count). The summed E-state index contributed by atoms with van der Waals surface area (Å²) in [6.45, 7) is 4.04. The number of rotatable bonds is 8. The Morgan fingerprint density at radius 3 is 2.91 bits per heavy atom. The van der Waals surface area contributed by atoms with Crippen molar-refractivity contribution in [3.8, 4) is 5.75 Å². The van der Waals surface area contributed by atoms with E-state index in [9.17, 15) is 9.59 Å². The zero-order chi connectivity index (χ0) is 24.9. The maximum Gasteiger partial charge on any atom is 0.407 e. The number of carbonyl (C=O) groups excluding carboxylic acids is 2. The minimum absolute atomic E-state index is 0.0260. The molecule has 2 heterocycles. The van der Waals surface area contributed by atoms with Gasteiger partial charge in [0.15, 0.2) is 5.76 Å². The number of alkyl carbamates (subject to hydrolysis) is 1. The van der Waals surface area contributed by atoms with Crippen molar-refractivity contribution in [3.05, 3.63) is 57.8 Å². The van der Waals surface area contributed by atoms with Crippen LogP contribution in [0.1, 0.15) is 53.1 Å². The molecule has 1 aromatic carbocycles. The monoisotopic (exact) mass is 498 g/mol. The second-order valence-corrected chi connectivity index (χ2v) is 9.84. The number of ether oxygens (including phenoxy) is 2. The van der Waals surface area contributed by atoms with E-state index in [2.05, 4.69) is 15.8 Å². The Balaban J connectivity index is 1.31. The molecule has 4 N–H and O–H groups in total. The number of nitrogens with zero attached hydrogens (tertiary/aromatic N) is 1. The zero-order valence-electron chi connectivity index (χ0n) is 20.1. The van der Waals surface area contributed by atoms with Gasteiger partial charge in [0.1, 0.15) is 16.9 Å². The number of nitrogens with one attached hydrogen (secondary N) is 2. The number of nitrogen functional groups attached to an aromatic ring is 1. The summed E-state index contributed by atoms with van der Waals surface area (Å²) in [6, 6.07) is 9.49. The van der Waals surface area contributed by atoms with Gasteiger partial charge in [-0.15, -0.1) is 11.3 Å². The Labute approximate surface area is 208 Å². The fourth-order valence-corrected chi connectivity index (χ4v) is 5.40. The number of fused-ring (bicyclic) bond motifs is 1. The highest BCUT2D eigenvalue weighted by Gasteiger charge is 2.27. The Kier molecular flexibility index (Phi) is 7.60. The summed E-state index contributed by atoms with van der Waals surface area (Å²) in [7, 11) is 1.62. The molecule has 2 amide bonds. The number of aromatic nitrogens is 1. The van der Waals surface area contributed by atoms with E-state index in [4.69, 9.17) is 19.7 Å². The van der Waals surface area contributed by atoms with E-state index in [-0.39, 0.29) is 24.5 Å². The van der Waals surface area contributed by atoms with Crippen LogP contribution >= 0.6 is 11.3 Å². The van der Waals surface area contributed by atoms with Crippen LogP contribution in [0.2, 0.25) is 0 Å². The number of methoxy groups -OCH3 is 1. The number of carbonyl (C=O) groups is 2. The number of benzene rings is 1. The molecule has 0 spiro atoms. The molecule has 2 aromatic heterocycles. The lowest BCUT2D eigenvalue weighted by Gasteiger charge is -2.22. The Morgan fingerprint density at radius 2 is 2.17 bits per heavy atom. The van der Waals surface area contributed by atoms with Crippen LogP contribution in [-0.4, -0.2) is 30.4 Å². The van der Waals surface area contributed by atoms with Crippen LogP contribution in [0, 0.1) is 6.92 Å². The number of aryl methyl sites for hydroxylation is 1. The largest absolute Gasteiger partial charge is 0.497 e. The quantitative estimate of drug-likeness (QED) is 0.415. The van der Waals surface area contributed by atoms with Crippen LogP contribution in [0.3, 0.4) is 0 Å². The molecule has 0 saturated heterocycles. The number of thiophene rings is 1. The lowest BCUT2D eigenvalue weighted by molar-refractivity contribution is -0.116.